The quantitative estimate of drug-likeness (QED) is 0.472. The molecule has 0 spiro atoms. The summed E-state index contributed by atoms with van der Waals surface area (Å²) in [5.41, 5.74) is -0.266. The number of amides is 6. The van der Waals surface area contributed by atoms with Gasteiger partial charge in [0, 0.05) is 6.54 Å². The summed E-state index contributed by atoms with van der Waals surface area (Å²) in [5.74, 6) is -2.36. The van der Waals surface area contributed by atoms with Crippen molar-refractivity contribution in [3.63, 3.8) is 0 Å². The summed E-state index contributed by atoms with van der Waals surface area (Å²) < 4.78 is 4.90. The number of urea groups is 2. The van der Waals surface area contributed by atoms with Gasteiger partial charge in [0.2, 0.25) is 0 Å². The van der Waals surface area contributed by atoms with Crippen molar-refractivity contribution >= 4 is 29.8 Å². The SMILES string of the molecule is CC(OC(=O)CN1C(=O)NC(C)(C)C1=O)C(=O)NC(=O)NCc1ccccc1. The van der Waals surface area contributed by atoms with Crippen molar-refractivity contribution < 1.29 is 28.7 Å². The number of rotatable bonds is 6. The van der Waals surface area contributed by atoms with Crippen LogP contribution in [-0.2, 0) is 25.7 Å². The number of ether oxygens (including phenoxy) is 1. The maximum absolute atomic E-state index is 12.0. The van der Waals surface area contributed by atoms with Crippen molar-refractivity contribution in [1.29, 1.82) is 0 Å². The van der Waals surface area contributed by atoms with E-state index in [2.05, 4.69) is 16.0 Å². The molecule has 1 fully saturated rings. The highest BCUT2D eigenvalue weighted by Gasteiger charge is 2.45. The molecule has 0 radical (unpaired) electrons. The van der Waals surface area contributed by atoms with Gasteiger partial charge in [-0.25, -0.2) is 9.59 Å². The minimum Gasteiger partial charge on any atom is -0.451 e. The van der Waals surface area contributed by atoms with E-state index in [4.69, 9.17) is 4.74 Å². The number of hydrogen-bond acceptors (Lipinski definition) is 6. The van der Waals surface area contributed by atoms with Crippen LogP contribution in [0.2, 0.25) is 0 Å². The third-order valence-electron chi connectivity index (χ3n) is 3.94. The van der Waals surface area contributed by atoms with Gasteiger partial charge in [-0.2, -0.15) is 0 Å². The highest BCUT2D eigenvalue weighted by molar-refractivity contribution is 6.08. The second-order valence-corrected chi connectivity index (χ2v) is 6.74. The van der Waals surface area contributed by atoms with Gasteiger partial charge in [-0.3, -0.25) is 24.6 Å². The summed E-state index contributed by atoms with van der Waals surface area (Å²) in [6.45, 7) is 3.86. The van der Waals surface area contributed by atoms with Crippen molar-refractivity contribution in [3.8, 4) is 0 Å². The van der Waals surface area contributed by atoms with Gasteiger partial charge in [0.25, 0.3) is 11.8 Å². The van der Waals surface area contributed by atoms with Crippen LogP contribution in [-0.4, -0.2) is 52.9 Å². The molecule has 0 bridgehead atoms. The Hall–Kier alpha value is -3.43. The van der Waals surface area contributed by atoms with E-state index in [-0.39, 0.29) is 6.54 Å². The lowest BCUT2D eigenvalue weighted by Gasteiger charge is -2.17. The van der Waals surface area contributed by atoms with Crippen molar-refractivity contribution in [2.45, 2.75) is 39.0 Å². The van der Waals surface area contributed by atoms with E-state index in [0.29, 0.717) is 4.90 Å². The normalized spacial score (nSPS) is 16.2. The molecule has 0 aromatic heterocycles. The Labute approximate surface area is 161 Å². The number of carbonyl (C=O) groups is 5. The molecule has 1 atom stereocenters. The largest absolute Gasteiger partial charge is 0.451 e. The summed E-state index contributed by atoms with van der Waals surface area (Å²) in [5, 5.41) is 6.98. The molecule has 1 aromatic rings. The van der Waals surface area contributed by atoms with Crippen LogP contribution in [0.25, 0.3) is 0 Å². The highest BCUT2D eigenvalue weighted by Crippen LogP contribution is 2.16. The Kier molecular flexibility index (Phi) is 6.34. The van der Waals surface area contributed by atoms with Crippen LogP contribution in [0.5, 0.6) is 0 Å². The number of carbonyl (C=O) groups excluding carboxylic acids is 5. The zero-order valence-corrected chi connectivity index (χ0v) is 15.8. The number of benzene rings is 1. The lowest BCUT2D eigenvalue weighted by molar-refractivity contribution is -0.156. The number of imide groups is 2. The predicted molar refractivity (Wildman–Crippen MR) is 96.7 cm³/mol. The first-order valence-electron chi connectivity index (χ1n) is 8.56. The fraction of sp³-hybridized carbons (Fsp3) is 0.389. The third-order valence-corrected chi connectivity index (χ3v) is 3.94. The van der Waals surface area contributed by atoms with E-state index >= 15 is 0 Å². The van der Waals surface area contributed by atoms with Crippen LogP contribution in [0.3, 0.4) is 0 Å². The second-order valence-electron chi connectivity index (χ2n) is 6.74. The average molecular weight is 390 g/mol. The van der Waals surface area contributed by atoms with E-state index in [1.165, 1.54) is 20.8 Å². The van der Waals surface area contributed by atoms with Gasteiger partial charge >= 0.3 is 18.0 Å². The molecule has 10 nitrogen and oxygen atoms in total. The minimum absolute atomic E-state index is 0.218. The first-order valence-corrected chi connectivity index (χ1v) is 8.56. The van der Waals surface area contributed by atoms with Crippen LogP contribution < -0.4 is 16.0 Å². The minimum atomic E-state index is -1.29. The zero-order chi connectivity index (χ0) is 20.9. The van der Waals surface area contributed by atoms with Gasteiger partial charge < -0.3 is 15.4 Å². The average Bonchev–Trinajstić information content (AvgIpc) is 2.82. The van der Waals surface area contributed by atoms with Crippen LogP contribution in [0.1, 0.15) is 26.3 Å². The maximum Gasteiger partial charge on any atom is 0.327 e. The first-order chi connectivity index (χ1) is 13.1. The van der Waals surface area contributed by atoms with Crippen molar-refractivity contribution in [3.05, 3.63) is 35.9 Å². The molecule has 3 N–H and O–H groups in total. The van der Waals surface area contributed by atoms with Crippen LogP contribution >= 0.6 is 0 Å². The van der Waals surface area contributed by atoms with E-state index in [1.54, 1.807) is 0 Å². The van der Waals surface area contributed by atoms with Crippen molar-refractivity contribution in [2.24, 2.45) is 0 Å². The van der Waals surface area contributed by atoms with Gasteiger partial charge in [-0.05, 0) is 26.3 Å². The molecule has 6 amide bonds. The molecule has 0 aliphatic carbocycles. The molecule has 1 unspecified atom stereocenters. The fourth-order valence-electron chi connectivity index (χ4n) is 2.41. The molecule has 0 saturated carbocycles. The van der Waals surface area contributed by atoms with E-state index in [9.17, 15) is 24.0 Å². The van der Waals surface area contributed by atoms with Crippen molar-refractivity contribution in [2.75, 3.05) is 6.54 Å². The highest BCUT2D eigenvalue weighted by atomic mass is 16.5. The monoisotopic (exact) mass is 390 g/mol. The van der Waals surface area contributed by atoms with Crippen LogP contribution in [0.15, 0.2) is 30.3 Å². The molecule has 1 aliphatic heterocycles. The summed E-state index contributed by atoms with van der Waals surface area (Å²) in [6, 6.07) is 7.62. The standard InChI is InChI=1S/C18H22N4O6/c1-11(14(24)20-16(26)19-9-12-7-5-4-6-8-12)28-13(23)10-22-15(25)18(2,3)21-17(22)27/h4-8,11H,9-10H2,1-3H3,(H,21,27)(H2,19,20,24,26). The summed E-state index contributed by atoms with van der Waals surface area (Å²) >= 11 is 0. The summed E-state index contributed by atoms with van der Waals surface area (Å²) in [6.07, 6.45) is -1.29. The van der Waals surface area contributed by atoms with E-state index in [1.807, 2.05) is 30.3 Å². The maximum atomic E-state index is 12.0. The Morgan fingerprint density at radius 2 is 1.82 bits per heavy atom. The number of hydrogen-bond donors (Lipinski definition) is 3. The fourth-order valence-corrected chi connectivity index (χ4v) is 2.41. The molecule has 2 rings (SSSR count). The van der Waals surface area contributed by atoms with Crippen molar-refractivity contribution in [1.82, 2.24) is 20.9 Å². The molecule has 1 aliphatic rings. The Morgan fingerprint density at radius 3 is 2.39 bits per heavy atom. The van der Waals surface area contributed by atoms with E-state index in [0.717, 1.165) is 5.56 Å². The van der Waals surface area contributed by atoms with Crippen LogP contribution in [0.4, 0.5) is 9.59 Å². The first kappa shape index (κ1) is 20.9. The molecule has 1 heterocycles. The summed E-state index contributed by atoms with van der Waals surface area (Å²) in [7, 11) is 0. The van der Waals surface area contributed by atoms with Gasteiger partial charge in [0.05, 0.1) is 0 Å². The Balaban J connectivity index is 1.78. The molecule has 10 heteroatoms. The Bertz CT molecular complexity index is 793. The zero-order valence-electron chi connectivity index (χ0n) is 15.8. The van der Waals surface area contributed by atoms with Gasteiger partial charge in [-0.1, -0.05) is 30.3 Å². The third kappa shape index (κ3) is 5.29. The van der Waals surface area contributed by atoms with Gasteiger partial charge in [0.15, 0.2) is 6.10 Å². The Morgan fingerprint density at radius 1 is 1.18 bits per heavy atom. The molecular weight excluding hydrogens is 368 g/mol. The van der Waals surface area contributed by atoms with Crippen LogP contribution in [0, 0.1) is 0 Å². The molecule has 1 aromatic carbocycles. The topological polar surface area (TPSA) is 134 Å². The van der Waals surface area contributed by atoms with Gasteiger partial charge in [0.1, 0.15) is 12.1 Å². The lowest BCUT2D eigenvalue weighted by Crippen LogP contribution is -2.46. The predicted octanol–water partition coefficient (Wildman–Crippen LogP) is 0.275. The molecule has 150 valence electrons. The molecule has 1 saturated heterocycles. The lowest BCUT2D eigenvalue weighted by atomic mass is 10.1. The smallest absolute Gasteiger partial charge is 0.327 e. The van der Waals surface area contributed by atoms with Gasteiger partial charge in [-0.15, -0.1) is 0 Å². The molecular formula is C18H22N4O6. The second kappa shape index (κ2) is 8.51. The number of nitrogens with zero attached hydrogens (tertiary/aromatic N) is 1. The van der Waals surface area contributed by atoms with E-state index < -0.39 is 48.0 Å². The number of esters is 1. The summed E-state index contributed by atoms with van der Waals surface area (Å²) in [4.78, 5) is 60.1. The number of nitrogens with one attached hydrogen (secondary N) is 3. The molecule has 28 heavy (non-hydrogen) atoms.